The summed E-state index contributed by atoms with van der Waals surface area (Å²) >= 11 is 0. The van der Waals surface area contributed by atoms with Gasteiger partial charge in [0.25, 0.3) is 0 Å². The molecule has 0 unspecified atom stereocenters. The van der Waals surface area contributed by atoms with Crippen LogP contribution in [0.1, 0.15) is 5.89 Å². The third-order valence-corrected chi connectivity index (χ3v) is 2.20. The van der Waals surface area contributed by atoms with E-state index in [1.54, 1.807) is 0 Å². The third kappa shape index (κ3) is 0.811. The van der Waals surface area contributed by atoms with E-state index in [0.29, 0.717) is 5.89 Å². The summed E-state index contributed by atoms with van der Waals surface area (Å²) in [5.74, 6) is 0.712. The SMILES string of the molecule is Cc1nc2c(ccc3[nH]ccc32)o1. The summed E-state index contributed by atoms with van der Waals surface area (Å²) in [6, 6.07) is 5.95. The molecular weight excluding hydrogens is 164 g/mol. The molecule has 0 saturated carbocycles. The van der Waals surface area contributed by atoms with Crippen molar-refractivity contribution >= 4 is 22.0 Å². The monoisotopic (exact) mass is 172 g/mol. The van der Waals surface area contributed by atoms with E-state index in [4.69, 9.17) is 4.42 Å². The van der Waals surface area contributed by atoms with Crippen molar-refractivity contribution in [1.29, 1.82) is 0 Å². The number of benzene rings is 1. The number of fused-ring (bicyclic) bond motifs is 3. The minimum atomic E-state index is 0.712. The molecule has 0 aliphatic rings. The number of hydrogen-bond acceptors (Lipinski definition) is 2. The Morgan fingerprint density at radius 1 is 1.31 bits per heavy atom. The fourth-order valence-electron chi connectivity index (χ4n) is 1.63. The van der Waals surface area contributed by atoms with E-state index in [-0.39, 0.29) is 0 Å². The molecule has 2 heterocycles. The number of rotatable bonds is 0. The van der Waals surface area contributed by atoms with Gasteiger partial charge in [0, 0.05) is 24.0 Å². The fraction of sp³-hybridized carbons (Fsp3) is 0.100. The quantitative estimate of drug-likeness (QED) is 0.566. The smallest absolute Gasteiger partial charge is 0.192 e. The van der Waals surface area contributed by atoms with E-state index < -0.39 is 0 Å². The van der Waals surface area contributed by atoms with Gasteiger partial charge in [0.2, 0.25) is 0 Å². The molecule has 3 rings (SSSR count). The predicted octanol–water partition coefficient (Wildman–Crippen LogP) is 2.62. The highest BCUT2D eigenvalue weighted by atomic mass is 16.3. The van der Waals surface area contributed by atoms with Gasteiger partial charge in [-0.05, 0) is 18.2 Å². The molecule has 0 saturated heterocycles. The van der Waals surface area contributed by atoms with Gasteiger partial charge in [-0.25, -0.2) is 4.98 Å². The lowest BCUT2D eigenvalue weighted by atomic mass is 10.2. The van der Waals surface area contributed by atoms with Gasteiger partial charge in [0.1, 0.15) is 5.52 Å². The summed E-state index contributed by atoms with van der Waals surface area (Å²) in [7, 11) is 0. The summed E-state index contributed by atoms with van der Waals surface area (Å²) < 4.78 is 5.42. The number of nitrogens with zero attached hydrogens (tertiary/aromatic N) is 1. The minimum Gasteiger partial charge on any atom is -0.441 e. The van der Waals surface area contributed by atoms with Crippen LogP contribution >= 0.6 is 0 Å². The molecule has 0 radical (unpaired) electrons. The topological polar surface area (TPSA) is 41.8 Å². The van der Waals surface area contributed by atoms with E-state index in [1.807, 2.05) is 31.3 Å². The second-order valence-electron chi connectivity index (χ2n) is 3.08. The molecule has 13 heavy (non-hydrogen) atoms. The van der Waals surface area contributed by atoms with Crippen LogP contribution in [0.2, 0.25) is 0 Å². The molecule has 1 N–H and O–H groups in total. The van der Waals surface area contributed by atoms with Crippen molar-refractivity contribution in [2.24, 2.45) is 0 Å². The molecule has 0 aliphatic carbocycles. The standard InChI is InChI=1S/C10H8N2O/c1-6-12-10-7-4-5-11-8(7)2-3-9(10)13-6/h2-5,11H,1H3. The van der Waals surface area contributed by atoms with E-state index >= 15 is 0 Å². The van der Waals surface area contributed by atoms with E-state index in [9.17, 15) is 0 Å². The molecule has 3 heteroatoms. The number of aryl methyl sites for hydroxylation is 1. The van der Waals surface area contributed by atoms with Crippen LogP contribution in [0.3, 0.4) is 0 Å². The zero-order valence-electron chi connectivity index (χ0n) is 7.16. The van der Waals surface area contributed by atoms with Crippen molar-refractivity contribution in [3.05, 3.63) is 30.3 Å². The van der Waals surface area contributed by atoms with Crippen LogP contribution in [0.15, 0.2) is 28.8 Å². The van der Waals surface area contributed by atoms with E-state index in [2.05, 4.69) is 9.97 Å². The van der Waals surface area contributed by atoms with Crippen molar-refractivity contribution in [2.45, 2.75) is 6.92 Å². The first kappa shape index (κ1) is 6.71. The van der Waals surface area contributed by atoms with Crippen LogP contribution < -0.4 is 0 Å². The number of aromatic amines is 1. The second kappa shape index (κ2) is 2.13. The molecule has 0 bridgehead atoms. The normalized spacial score (nSPS) is 11.5. The van der Waals surface area contributed by atoms with Crippen LogP contribution in [0.25, 0.3) is 22.0 Å². The Hall–Kier alpha value is -1.77. The van der Waals surface area contributed by atoms with Crippen molar-refractivity contribution in [3.63, 3.8) is 0 Å². The Morgan fingerprint density at radius 2 is 2.23 bits per heavy atom. The maximum absolute atomic E-state index is 5.42. The Balaban J connectivity index is 2.64. The fourth-order valence-corrected chi connectivity index (χ4v) is 1.63. The summed E-state index contributed by atoms with van der Waals surface area (Å²) in [4.78, 5) is 7.47. The van der Waals surface area contributed by atoms with Gasteiger partial charge in [0.15, 0.2) is 11.5 Å². The number of nitrogens with one attached hydrogen (secondary N) is 1. The first-order valence-corrected chi connectivity index (χ1v) is 4.18. The molecule has 0 fully saturated rings. The molecule has 3 nitrogen and oxygen atoms in total. The highest BCUT2D eigenvalue weighted by Crippen LogP contribution is 2.24. The summed E-state index contributed by atoms with van der Waals surface area (Å²) in [5, 5.41) is 1.12. The average molecular weight is 172 g/mol. The number of oxazole rings is 1. The largest absolute Gasteiger partial charge is 0.441 e. The van der Waals surface area contributed by atoms with Crippen molar-refractivity contribution in [3.8, 4) is 0 Å². The number of aromatic nitrogens is 2. The maximum atomic E-state index is 5.42. The third-order valence-electron chi connectivity index (χ3n) is 2.20. The van der Waals surface area contributed by atoms with Gasteiger partial charge in [-0.15, -0.1) is 0 Å². The van der Waals surface area contributed by atoms with Crippen LogP contribution in [0.5, 0.6) is 0 Å². The van der Waals surface area contributed by atoms with Crippen molar-refractivity contribution in [1.82, 2.24) is 9.97 Å². The first-order chi connectivity index (χ1) is 6.34. The lowest BCUT2D eigenvalue weighted by Gasteiger charge is -1.88. The molecule has 1 aromatic carbocycles. The van der Waals surface area contributed by atoms with E-state index in [0.717, 1.165) is 22.0 Å². The molecule has 2 aromatic heterocycles. The van der Waals surface area contributed by atoms with Crippen molar-refractivity contribution in [2.75, 3.05) is 0 Å². The van der Waals surface area contributed by atoms with Gasteiger partial charge >= 0.3 is 0 Å². The minimum absolute atomic E-state index is 0.712. The molecule has 3 aromatic rings. The summed E-state index contributed by atoms with van der Waals surface area (Å²) in [6.07, 6.45) is 1.91. The maximum Gasteiger partial charge on any atom is 0.192 e. The van der Waals surface area contributed by atoms with Crippen molar-refractivity contribution < 1.29 is 4.42 Å². The van der Waals surface area contributed by atoms with Gasteiger partial charge in [0.05, 0.1) is 0 Å². The Morgan fingerprint density at radius 3 is 3.15 bits per heavy atom. The van der Waals surface area contributed by atoms with Gasteiger partial charge in [-0.2, -0.15) is 0 Å². The Bertz CT molecular complexity index is 577. The molecule has 0 spiro atoms. The number of hydrogen-bond donors (Lipinski definition) is 1. The Labute approximate surface area is 74.4 Å². The van der Waals surface area contributed by atoms with Crippen LogP contribution in [0, 0.1) is 6.92 Å². The average Bonchev–Trinajstić information content (AvgIpc) is 2.65. The van der Waals surface area contributed by atoms with Gasteiger partial charge in [-0.3, -0.25) is 0 Å². The summed E-state index contributed by atoms with van der Waals surface area (Å²) in [6.45, 7) is 1.86. The van der Waals surface area contributed by atoms with Crippen LogP contribution in [-0.2, 0) is 0 Å². The number of H-pyrrole nitrogens is 1. The molecule has 0 aliphatic heterocycles. The van der Waals surface area contributed by atoms with Gasteiger partial charge in [-0.1, -0.05) is 0 Å². The highest BCUT2D eigenvalue weighted by Gasteiger charge is 2.06. The van der Waals surface area contributed by atoms with Gasteiger partial charge < -0.3 is 9.40 Å². The second-order valence-corrected chi connectivity index (χ2v) is 3.08. The zero-order chi connectivity index (χ0) is 8.84. The molecule has 0 atom stereocenters. The summed E-state index contributed by atoms with van der Waals surface area (Å²) in [5.41, 5.74) is 2.89. The van der Waals surface area contributed by atoms with Crippen LogP contribution in [0.4, 0.5) is 0 Å². The predicted molar refractivity (Wildman–Crippen MR) is 50.6 cm³/mol. The van der Waals surface area contributed by atoms with E-state index in [1.165, 1.54) is 0 Å². The molecule has 0 amide bonds. The lowest BCUT2D eigenvalue weighted by Crippen LogP contribution is -1.71. The zero-order valence-corrected chi connectivity index (χ0v) is 7.16. The van der Waals surface area contributed by atoms with Crippen LogP contribution in [-0.4, -0.2) is 9.97 Å². The first-order valence-electron chi connectivity index (χ1n) is 4.18. The molecular formula is C10H8N2O. The Kier molecular flexibility index (Phi) is 1.10. The lowest BCUT2D eigenvalue weighted by molar-refractivity contribution is 0.561. The molecule has 64 valence electrons. The highest BCUT2D eigenvalue weighted by molar-refractivity contribution is 6.01.